The summed E-state index contributed by atoms with van der Waals surface area (Å²) in [4.78, 5) is 14.3. The van der Waals surface area contributed by atoms with Crippen LogP contribution in [0.25, 0.3) is 0 Å². The van der Waals surface area contributed by atoms with E-state index in [4.69, 9.17) is 11.6 Å². The van der Waals surface area contributed by atoms with Crippen molar-refractivity contribution >= 4 is 17.5 Å². The molecule has 1 aliphatic heterocycles. The summed E-state index contributed by atoms with van der Waals surface area (Å²) in [5.41, 5.74) is 1.13. The smallest absolute Gasteiger partial charge is 0.240 e. The molecule has 0 spiro atoms. The van der Waals surface area contributed by atoms with Gasteiger partial charge in [0.15, 0.2) is 0 Å². The van der Waals surface area contributed by atoms with Crippen LogP contribution in [-0.2, 0) is 4.79 Å². The van der Waals surface area contributed by atoms with E-state index in [1.165, 1.54) is 0 Å². The zero-order chi connectivity index (χ0) is 13.8. The molecular formula is C15H21ClN2O. The summed E-state index contributed by atoms with van der Waals surface area (Å²) in [6.45, 7) is 5.91. The van der Waals surface area contributed by atoms with Crippen molar-refractivity contribution in [2.45, 2.75) is 38.8 Å². The Bertz CT molecular complexity index is 432. The maximum absolute atomic E-state index is 12.3. The van der Waals surface area contributed by atoms with Gasteiger partial charge in [0.25, 0.3) is 0 Å². The second-order valence-electron chi connectivity index (χ2n) is 5.05. The first kappa shape index (κ1) is 14.4. The topological polar surface area (TPSA) is 32.3 Å². The largest absolute Gasteiger partial charge is 0.335 e. The fourth-order valence-electron chi connectivity index (χ4n) is 2.52. The van der Waals surface area contributed by atoms with Crippen molar-refractivity contribution in [3.05, 3.63) is 34.9 Å². The van der Waals surface area contributed by atoms with E-state index >= 15 is 0 Å². The van der Waals surface area contributed by atoms with Crippen LogP contribution in [0.3, 0.4) is 0 Å². The van der Waals surface area contributed by atoms with Gasteiger partial charge >= 0.3 is 0 Å². The highest BCUT2D eigenvalue weighted by Gasteiger charge is 2.34. The maximum atomic E-state index is 12.3. The van der Waals surface area contributed by atoms with E-state index < -0.39 is 0 Å². The SMILES string of the molecule is CCCNC1CCN(C(C)c2ccc(Cl)cc2)C1=O. The van der Waals surface area contributed by atoms with Crippen LogP contribution in [0.2, 0.25) is 5.02 Å². The highest BCUT2D eigenvalue weighted by atomic mass is 35.5. The molecule has 0 bridgehead atoms. The van der Waals surface area contributed by atoms with E-state index in [0.717, 1.165) is 36.5 Å². The molecule has 0 radical (unpaired) electrons. The molecule has 1 aromatic carbocycles. The number of carbonyl (C=O) groups excluding carboxylic acids is 1. The molecule has 2 rings (SSSR count). The van der Waals surface area contributed by atoms with E-state index in [-0.39, 0.29) is 18.0 Å². The van der Waals surface area contributed by atoms with Crippen LogP contribution in [0.5, 0.6) is 0 Å². The first-order valence-electron chi connectivity index (χ1n) is 6.92. The van der Waals surface area contributed by atoms with Gasteiger partial charge < -0.3 is 10.2 Å². The normalized spacial score (nSPS) is 20.9. The van der Waals surface area contributed by atoms with Gasteiger partial charge in [0.2, 0.25) is 5.91 Å². The number of hydrogen-bond acceptors (Lipinski definition) is 2. The third-order valence-electron chi connectivity index (χ3n) is 3.70. The van der Waals surface area contributed by atoms with E-state index in [2.05, 4.69) is 19.2 Å². The molecule has 4 heteroatoms. The number of likely N-dealkylation sites (tertiary alicyclic amines) is 1. The molecule has 1 saturated heterocycles. The molecular weight excluding hydrogens is 260 g/mol. The van der Waals surface area contributed by atoms with E-state index in [1.807, 2.05) is 29.2 Å². The third kappa shape index (κ3) is 3.28. The lowest BCUT2D eigenvalue weighted by Crippen LogP contribution is -2.39. The highest BCUT2D eigenvalue weighted by Crippen LogP contribution is 2.26. The average Bonchev–Trinajstić information content (AvgIpc) is 2.78. The molecule has 1 amide bonds. The molecule has 2 atom stereocenters. The van der Waals surface area contributed by atoms with Crippen LogP contribution in [-0.4, -0.2) is 29.9 Å². The first-order valence-corrected chi connectivity index (χ1v) is 7.30. The van der Waals surface area contributed by atoms with Gasteiger partial charge in [0.05, 0.1) is 12.1 Å². The molecule has 3 nitrogen and oxygen atoms in total. The highest BCUT2D eigenvalue weighted by molar-refractivity contribution is 6.30. The summed E-state index contributed by atoms with van der Waals surface area (Å²) in [7, 11) is 0. The molecule has 1 fully saturated rings. The second kappa shape index (κ2) is 6.40. The minimum absolute atomic E-state index is 0.00491. The maximum Gasteiger partial charge on any atom is 0.240 e. The van der Waals surface area contributed by atoms with Crippen LogP contribution >= 0.6 is 11.6 Å². The monoisotopic (exact) mass is 280 g/mol. The molecule has 19 heavy (non-hydrogen) atoms. The number of carbonyl (C=O) groups is 1. The molecule has 0 aromatic heterocycles. The summed E-state index contributed by atoms with van der Waals surface area (Å²) in [5.74, 6) is 0.218. The van der Waals surface area contributed by atoms with Crippen molar-refractivity contribution in [3.63, 3.8) is 0 Å². The van der Waals surface area contributed by atoms with Gasteiger partial charge in [-0.2, -0.15) is 0 Å². The molecule has 0 saturated carbocycles. The number of nitrogens with zero attached hydrogens (tertiary/aromatic N) is 1. The van der Waals surface area contributed by atoms with E-state index in [0.29, 0.717) is 0 Å². The Labute approximate surface area is 119 Å². The lowest BCUT2D eigenvalue weighted by molar-refractivity contribution is -0.131. The quantitative estimate of drug-likeness (QED) is 0.899. The third-order valence-corrected chi connectivity index (χ3v) is 3.95. The van der Waals surface area contributed by atoms with E-state index in [1.54, 1.807) is 0 Å². The molecule has 104 valence electrons. The average molecular weight is 281 g/mol. The molecule has 1 aliphatic rings. The Hall–Kier alpha value is -1.06. The molecule has 1 aromatic rings. The summed E-state index contributed by atoms with van der Waals surface area (Å²) in [6, 6.07) is 7.84. The summed E-state index contributed by atoms with van der Waals surface area (Å²) < 4.78 is 0. The second-order valence-corrected chi connectivity index (χ2v) is 5.49. The Balaban J connectivity index is 2.02. The van der Waals surface area contributed by atoms with Crippen molar-refractivity contribution < 1.29 is 4.79 Å². The number of halogens is 1. The van der Waals surface area contributed by atoms with Crippen LogP contribution in [0, 0.1) is 0 Å². The molecule has 1 N–H and O–H groups in total. The van der Waals surface area contributed by atoms with Gasteiger partial charge in [-0.3, -0.25) is 4.79 Å². The van der Waals surface area contributed by atoms with Crippen molar-refractivity contribution in [1.82, 2.24) is 10.2 Å². The Morgan fingerprint density at radius 1 is 1.42 bits per heavy atom. The number of amides is 1. The minimum Gasteiger partial charge on any atom is -0.335 e. The van der Waals surface area contributed by atoms with Crippen molar-refractivity contribution in [3.8, 4) is 0 Å². The summed E-state index contributed by atoms with van der Waals surface area (Å²) in [5, 5.41) is 4.04. The lowest BCUT2D eigenvalue weighted by Gasteiger charge is -2.25. The van der Waals surface area contributed by atoms with E-state index in [9.17, 15) is 4.79 Å². The molecule has 0 aliphatic carbocycles. The number of nitrogens with one attached hydrogen (secondary N) is 1. The molecule has 1 heterocycles. The zero-order valence-corrected chi connectivity index (χ0v) is 12.3. The standard InChI is InChI=1S/C15H21ClN2O/c1-3-9-17-14-8-10-18(15(14)19)11(2)12-4-6-13(16)7-5-12/h4-7,11,14,17H,3,8-10H2,1-2H3. The summed E-state index contributed by atoms with van der Waals surface area (Å²) in [6.07, 6.45) is 1.95. The number of hydrogen-bond donors (Lipinski definition) is 1. The van der Waals surface area contributed by atoms with Gasteiger partial charge in [-0.15, -0.1) is 0 Å². The number of rotatable bonds is 5. The Kier molecular flexibility index (Phi) is 4.83. The van der Waals surface area contributed by atoms with Gasteiger partial charge in [-0.25, -0.2) is 0 Å². The van der Waals surface area contributed by atoms with Crippen molar-refractivity contribution in [2.75, 3.05) is 13.1 Å². The van der Waals surface area contributed by atoms with Crippen molar-refractivity contribution in [2.24, 2.45) is 0 Å². The number of benzene rings is 1. The van der Waals surface area contributed by atoms with Gasteiger partial charge in [-0.05, 0) is 44.0 Å². The molecule has 2 unspecified atom stereocenters. The van der Waals surface area contributed by atoms with Gasteiger partial charge in [0, 0.05) is 11.6 Å². The minimum atomic E-state index is -0.00491. The predicted octanol–water partition coefficient (Wildman–Crippen LogP) is 3.00. The zero-order valence-electron chi connectivity index (χ0n) is 11.5. The van der Waals surface area contributed by atoms with Crippen LogP contribution in [0.4, 0.5) is 0 Å². The Morgan fingerprint density at radius 3 is 2.74 bits per heavy atom. The van der Waals surface area contributed by atoms with Crippen LogP contribution < -0.4 is 5.32 Å². The van der Waals surface area contributed by atoms with Gasteiger partial charge in [-0.1, -0.05) is 30.7 Å². The fraction of sp³-hybridized carbons (Fsp3) is 0.533. The summed E-state index contributed by atoms with van der Waals surface area (Å²) >= 11 is 5.89. The fourth-order valence-corrected chi connectivity index (χ4v) is 2.64. The predicted molar refractivity (Wildman–Crippen MR) is 78.3 cm³/mol. The first-order chi connectivity index (χ1) is 9.13. The van der Waals surface area contributed by atoms with Crippen molar-refractivity contribution in [1.29, 1.82) is 0 Å². The van der Waals surface area contributed by atoms with Crippen LogP contribution in [0.1, 0.15) is 38.3 Å². The lowest BCUT2D eigenvalue weighted by atomic mass is 10.1. The Morgan fingerprint density at radius 2 is 2.11 bits per heavy atom. The van der Waals surface area contributed by atoms with Crippen LogP contribution in [0.15, 0.2) is 24.3 Å². The van der Waals surface area contributed by atoms with Gasteiger partial charge in [0.1, 0.15) is 0 Å².